The average Bonchev–Trinajstić information content (AvgIpc) is 3.29. The Morgan fingerprint density at radius 2 is 1.58 bits per heavy atom. The summed E-state index contributed by atoms with van der Waals surface area (Å²) in [5.41, 5.74) is 2.02. The van der Waals surface area contributed by atoms with Gasteiger partial charge >= 0.3 is 5.97 Å². The molecule has 2 unspecified atom stereocenters. The predicted octanol–water partition coefficient (Wildman–Crippen LogP) is 8.10. The second-order valence-electron chi connectivity index (χ2n) is 17.9. The number of ether oxygens (including phenoxy) is 1. The quantitative estimate of drug-likeness (QED) is 0.230. The van der Waals surface area contributed by atoms with E-state index in [0.717, 1.165) is 32.1 Å². The lowest BCUT2D eigenvalue weighted by molar-refractivity contribution is -0.250. The topological polar surface area (TPSA) is 75.6 Å². The summed E-state index contributed by atoms with van der Waals surface area (Å²) in [6.07, 6.45) is 12.0. The molecule has 5 aliphatic rings. The van der Waals surface area contributed by atoms with Gasteiger partial charge in [0.05, 0.1) is 12.7 Å². The number of aliphatic hydroxyl groups excluding tert-OH is 1. The van der Waals surface area contributed by atoms with Gasteiger partial charge in [-0.3, -0.25) is 4.79 Å². The van der Waals surface area contributed by atoms with Crippen LogP contribution < -0.4 is 5.32 Å². The molecule has 0 aromatic heterocycles. The zero-order chi connectivity index (χ0) is 31.8. The molecule has 5 nitrogen and oxygen atoms in total. The number of rotatable bonds is 7. The summed E-state index contributed by atoms with van der Waals surface area (Å²) in [6.45, 7) is 25.4. The smallest absolute Gasteiger partial charge is 0.328 e. The van der Waals surface area contributed by atoms with Crippen LogP contribution in [0.3, 0.4) is 0 Å². The number of allylic oxidation sites excluding steroid dienone is 1. The Morgan fingerprint density at radius 1 is 0.884 bits per heavy atom. The van der Waals surface area contributed by atoms with Crippen LogP contribution in [0.25, 0.3) is 0 Å². The molecule has 5 rings (SSSR count). The molecule has 0 spiro atoms. The van der Waals surface area contributed by atoms with Crippen LogP contribution in [0.2, 0.25) is 0 Å². The van der Waals surface area contributed by atoms with Crippen molar-refractivity contribution in [3.05, 3.63) is 12.2 Å². The molecule has 0 aromatic rings. The zero-order valence-corrected chi connectivity index (χ0v) is 29.0. The summed E-state index contributed by atoms with van der Waals surface area (Å²) in [5, 5.41) is 13.9. The van der Waals surface area contributed by atoms with Gasteiger partial charge in [0.25, 0.3) is 0 Å². The third-order valence-electron chi connectivity index (χ3n) is 15.1. The molecule has 2 N–H and O–H groups in total. The highest BCUT2D eigenvalue weighted by atomic mass is 16.5. The van der Waals surface area contributed by atoms with Crippen molar-refractivity contribution in [2.24, 2.45) is 62.6 Å². The van der Waals surface area contributed by atoms with Gasteiger partial charge in [0.1, 0.15) is 6.04 Å². The minimum atomic E-state index is -0.580. The summed E-state index contributed by atoms with van der Waals surface area (Å²) in [4.78, 5) is 25.3. The maximum atomic E-state index is 13.4. The number of hydrogen-bond acceptors (Lipinski definition) is 4. The van der Waals surface area contributed by atoms with Crippen molar-refractivity contribution >= 4 is 11.9 Å². The summed E-state index contributed by atoms with van der Waals surface area (Å²) in [6, 6.07) is -0.580. The lowest BCUT2D eigenvalue weighted by Crippen LogP contribution is -2.66. The highest BCUT2D eigenvalue weighted by Gasteiger charge is 2.71. The van der Waals surface area contributed by atoms with Crippen molar-refractivity contribution in [1.82, 2.24) is 5.32 Å². The molecule has 5 heteroatoms. The monoisotopic (exact) mass is 597 g/mol. The van der Waals surface area contributed by atoms with Gasteiger partial charge in [0.2, 0.25) is 5.91 Å². The fourth-order valence-corrected chi connectivity index (χ4v) is 12.8. The Balaban J connectivity index is 1.44. The molecular weight excluding hydrogens is 534 g/mol. The fourth-order valence-electron chi connectivity index (χ4n) is 12.8. The van der Waals surface area contributed by atoms with Crippen molar-refractivity contribution in [3.63, 3.8) is 0 Å². The molecule has 11 atom stereocenters. The molecule has 244 valence electrons. The average molecular weight is 598 g/mol. The van der Waals surface area contributed by atoms with E-state index < -0.39 is 6.04 Å². The Hall–Kier alpha value is -1.36. The summed E-state index contributed by atoms with van der Waals surface area (Å²) in [5.74, 6) is 2.63. The van der Waals surface area contributed by atoms with E-state index in [-0.39, 0.29) is 51.0 Å². The van der Waals surface area contributed by atoms with Crippen LogP contribution in [0, 0.1) is 62.6 Å². The van der Waals surface area contributed by atoms with Gasteiger partial charge in [0, 0.05) is 12.3 Å². The van der Waals surface area contributed by atoms with Crippen LogP contribution in [-0.2, 0) is 14.3 Å². The number of carbonyl (C=O) groups is 2. The first-order chi connectivity index (χ1) is 19.9. The summed E-state index contributed by atoms with van der Waals surface area (Å²) in [7, 11) is 0. The van der Waals surface area contributed by atoms with Gasteiger partial charge in [-0.2, -0.15) is 0 Å². The van der Waals surface area contributed by atoms with Gasteiger partial charge in [-0.05, 0) is 135 Å². The second kappa shape index (κ2) is 11.2. The van der Waals surface area contributed by atoms with Crippen LogP contribution in [0.1, 0.15) is 133 Å². The number of hydrogen-bond donors (Lipinski definition) is 2. The van der Waals surface area contributed by atoms with E-state index in [4.69, 9.17) is 4.74 Å². The van der Waals surface area contributed by atoms with E-state index in [9.17, 15) is 14.7 Å². The SMILES string of the molecule is C=C(C)[C@@H]1CC[C@]2(COC(=O)C(CC(C)C)NC(C)=O)CC[C@]3(C)C(CC[C@@H]4[C@@]5(C)CC[C@H](O)C(C)(C)[C@@H]5CC[C@]43C)[C@@H]12. The second-order valence-corrected chi connectivity index (χ2v) is 17.9. The minimum absolute atomic E-state index is 0.0106. The van der Waals surface area contributed by atoms with Crippen LogP contribution in [0.4, 0.5) is 0 Å². The molecule has 5 fully saturated rings. The number of fused-ring (bicyclic) bond motifs is 7. The van der Waals surface area contributed by atoms with E-state index in [0.29, 0.717) is 42.6 Å². The molecule has 5 saturated carbocycles. The van der Waals surface area contributed by atoms with E-state index in [2.05, 4.69) is 67.3 Å². The van der Waals surface area contributed by atoms with E-state index in [1.54, 1.807) is 0 Å². The molecule has 0 aliphatic heterocycles. The molecule has 1 amide bonds. The first-order valence-corrected chi connectivity index (χ1v) is 17.7. The normalized spacial score (nSPS) is 45.7. The zero-order valence-electron chi connectivity index (χ0n) is 29.0. The van der Waals surface area contributed by atoms with Crippen LogP contribution in [-0.4, -0.2) is 35.7 Å². The fraction of sp³-hybridized carbons (Fsp3) is 0.895. The third kappa shape index (κ3) is 5.05. The predicted molar refractivity (Wildman–Crippen MR) is 173 cm³/mol. The largest absolute Gasteiger partial charge is 0.464 e. The van der Waals surface area contributed by atoms with Crippen LogP contribution in [0.5, 0.6) is 0 Å². The van der Waals surface area contributed by atoms with Gasteiger partial charge in [-0.15, -0.1) is 0 Å². The lowest BCUT2D eigenvalue weighted by Gasteiger charge is -2.73. The van der Waals surface area contributed by atoms with E-state index in [1.165, 1.54) is 44.6 Å². The third-order valence-corrected chi connectivity index (χ3v) is 15.1. The molecule has 0 saturated heterocycles. The molecule has 43 heavy (non-hydrogen) atoms. The van der Waals surface area contributed by atoms with E-state index >= 15 is 0 Å². The lowest BCUT2D eigenvalue weighted by atomic mass is 9.32. The highest BCUT2D eigenvalue weighted by molar-refractivity contribution is 5.83. The number of carbonyl (C=O) groups excluding carboxylic acids is 2. The molecule has 0 heterocycles. The van der Waals surface area contributed by atoms with Gasteiger partial charge in [-0.25, -0.2) is 4.79 Å². The Labute approximate surface area is 262 Å². The first kappa shape index (κ1) is 33.0. The number of amides is 1. The Morgan fingerprint density at radius 3 is 2.21 bits per heavy atom. The summed E-state index contributed by atoms with van der Waals surface area (Å²) < 4.78 is 6.24. The first-order valence-electron chi connectivity index (χ1n) is 17.7. The highest BCUT2D eigenvalue weighted by Crippen LogP contribution is 2.77. The van der Waals surface area contributed by atoms with Gasteiger partial charge in [-0.1, -0.05) is 60.6 Å². The van der Waals surface area contributed by atoms with Crippen LogP contribution in [0.15, 0.2) is 12.2 Å². The van der Waals surface area contributed by atoms with Crippen molar-refractivity contribution in [3.8, 4) is 0 Å². The van der Waals surface area contributed by atoms with Gasteiger partial charge < -0.3 is 15.2 Å². The molecule has 5 aliphatic carbocycles. The maximum absolute atomic E-state index is 13.4. The van der Waals surface area contributed by atoms with Crippen molar-refractivity contribution < 1.29 is 19.4 Å². The summed E-state index contributed by atoms with van der Waals surface area (Å²) >= 11 is 0. The minimum Gasteiger partial charge on any atom is -0.464 e. The number of aliphatic hydroxyl groups is 1. The Kier molecular flexibility index (Phi) is 8.57. The van der Waals surface area contributed by atoms with Crippen molar-refractivity contribution in [2.45, 2.75) is 145 Å². The molecule has 0 aromatic carbocycles. The Bertz CT molecular complexity index is 1110. The van der Waals surface area contributed by atoms with Gasteiger partial charge in [0.15, 0.2) is 0 Å². The standard InChI is InChI=1S/C38H63NO4/c1-23(2)21-28(39-25(5)40)33(42)43-22-38-18-13-26(24(3)4)32(38)27-11-12-30-35(8)16-15-31(41)34(6,7)29(35)14-17-37(30,10)36(27,9)19-20-38/h23,26-32,41H,3,11-22H2,1-2,4-10H3,(H,39,40)/t26-,27?,28?,29-,30+,31-,32+,35-,36+,37+,38+/m0/s1. The molecule has 0 radical (unpaired) electrons. The molecular formula is C38H63NO4. The molecule has 0 bridgehead atoms. The maximum Gasteiger partial charge on any atom is 0.328 e. The number of esters is 1. The van der Waals surface area contributed by atoms with Crippen molar-refractivity contribution in [1.29, 1.82) is 0 Å². The van der Waals surface area contributed by atoms with Crippen molar-refractivity contribution in [2.75, 3.05) is 6.61 Å². The number of nitrogens with one attached hydrogen (secondary N) is 1. The van der Waals surface area contributed by atoms with E-state index in [1.807, 2.05) is 0 Å². The van der Waals surface area contributed by atoms with Crippen LogP contribution >= 0.6 is 0 Å².